The Kier molecular flexibility index (Phi) is 9.07. The van der Waals surface area contributed by atoms with Gasteiger partial charge in [0.05, 0.1) is 45.2 Å². The van der Waals surface area contributed by atoms with Gasteiger partial charge in [0.2, 0.25) is 5.78 Å². The highest BCUT2D eigenvalue weighted by Gasteiger charge is 2.36. The first-order valence-corrected chi connectivity index (χ1v) is 16.8. The number of hydrogen-bond acceptors (Lipinski definition) is 6. The highest BCUT2D eigenvalue weighted by atomic mass is 19.4. The summed E-state index contributed by atoms with van der Waals surface area (Å²) in [6.45, 7) is 5.38. The third-order valence-corrected chi connectivity index (χ3v) is 9.82. The molecule has 5 aromatic rings. The van der Waals surface area contributed by atoms with Gasteiger partial charge in [-0.15, -0.1) is 0 Å². The topological polar surface area (TPSA) is 96.4 Å². The van der Waals surface area contributed by atoms with Crippen LogP contribution in [0.4, 0.5) is 18.9 Å². The molecule has 0 amide bonds. The van der Waals surface area contributed by atoms with E-state index in [9.17, 15) is 23.2 Å². The van der Waals surface area contributed by atoms with E-state index in [1.54, 1.807) is 54.1 Å². The summed E-state index contributed by atoms with van der Waals surface area (Å²) in [5.74, 6) is 0.424. The fraction of sp³-hybridized carbons (Fsp3) is 0.308. The molecule has 0 saturated heterocycles. The number of imidazole rings is 1. The summed E-state index contributed by atoms with van der Waals surface area (Å²) < 4.78 is 52.4. The van der Waals surface area contributed by atoms with Gasteiger partial charge in [-0.3, -0.25) is 4.79 Å². The van der Waals surface area contributed by atoms with Crippen LogP contribution in [0.1, 0.15) is 65.1 Å². The van der Waals surface area contributed by atoms with Gasteiger partial charge in [0, 0.05) is 55.7 Å². The Morgan fingerprint density at radius 2 is 1.92 bits per heavy atom. The Balaban J connectivity index is 1.10. The SMILES string of the molecule is C=C(/C=C/CNC1CCC(OC)CC1)Nc1ccc(C(=O)c2ccc3c(-c4cc5nc6n(c5cc4C(F)(F)F)CCC6)cccn23)cc1C#N. The largest absolute Gasteiger partial charge is 0.417 e. The number of alkyl halides is 3. The van der Waals surface area contributed by atoms with E-state index in [0.29, 0.717) is 58.7 Å². The summed E-state index contributed by atoms with van der Waals surface area (Å²) in [5, 5.41) is 16.6. The lowest BCUT2D eigenvalue weighted by Gasteiger charge is -2.27. The number of allylic oxidation sites excluding steroid dienone is 1. The van der Waals surface area contributed by atoms with Crippen LogP contribution in [0, 0.1) is 11.3 Å². The third-order valence-electron chi connectivity index (χ3n) is 9.82. The minimum atomic E-state index is -4.60. The number of rotatable bonds is 10. The number of nitrogens with one attached hydrogen (secondary N) is 2. The van der Waals surface area contributed by atoms with Crippen molar-refractivity contribution < 1.29 is 22.7 Å². The van der Waals surface area contributed by atoms with Crippen molar-refractivity contribution in [3.8, 4) is 17.2 Å². The Hall–Kier alpha value is -5.18. The first-order valence-electron chi connectivity index (χ1n) is 16.8. The summed E-state index contributed by atoms with van der Waals surface area (Å²) in [6.07, 6.45) is 7.07. The molecule has 256 valence electrons. The molecular weight excluding hydrogens is 641 g/mol. The van der Waals surface area contributed by atoms with Crippen LogP contribution in [-0.2, 0) is 23.9 Å². The molecule has 1 aliphatic heterocycles. The number of ketones is 1. The van der Waals surface area contributed by atoms with Gasteiger partial charge in [0.15, 0.2) is 0 Å². The lowest BCUT2D eigenvalue weighted by atomic mass is 9.93. The van der Waals surface area contributed by atoms with Crippen molar-refractivity contribution in [1.29, 1.82) is 5.26 Å². The van der Waals surface area contributed by atoms with Crippen LogP contribution in [0.2, 0.25) is 0 Å². The number of nitriles is 1. The number of aromatic nitrogens is 3. The van der Waals surface area contributed by atoms with Gasteiger partial charge in [0.1, 0.15) is 11.9 Å². The number of carbonyl (C=O) groups is 1. The van der Waals surface area contributed by atoms with E-state index in [0.717, 1.165) is 44.3 Å². The maximum Gasteiger partial charge on any atom is 0.417 e. The second kappa shape index (κ2) is 13.6. The molecule has 0 spiro atoms. The second-order valence-corrected chi connectivity index (χ2v) is 12.9. The number of anilines is 1. The average molecular weight is 679 g/mol. The van der Waals surface area contributed by atoms with E-state index in [1.165, 1.54) is 18.2 Å². The van der Waals surface area contributed by atoms with Crippen LogP contribution in [0.15, 0.2) is 85.2 Å². The third kappa shape index (κ3) is 6.44. The van der Waals surface area contributed by atoms with Crippen molar-refractivity contribution in [2.24, 2.45) is 0 Å². The molecule has 2 N–H and O–H groups in total. The zero-order chi connectivity index (χ0) is 35.0. The first kappa shape index (κ1) is 33.3. The Morgan fingerprint density at radius 3 is 2.68 bits per heavy atom. The number of aryl methyl sites for hydroxylation is 2. The monoisotopic (exact) mass is 678 g/mol. The van der Waals surface area contributed by atoms with Crippen molar-refractivity contribution >= 4 is 28.0 Å². The minimum absolute atomic E-state index is 0.00549. The standard InChI is InChI=1S/C39H37F3N6O2/c1-24(6-3-17-44-27-10-12-28(50-2)13-11-27)45-32-14-9-25(20-26(32)23-43)38(49)35-16-15-34-29(7-4-18-47(34)35)30-21-33-36(22-31(30)39(40,41)42)48-19-5-8-37(48)46-33/h3-4,6-7,9,14-16,18,20-22,27-28,44-45H,1,5,8,10-13,17,19H2,2H3/b6-3+. The highest BCUT2D eigenvalue weighted by Crippen LogP contribution is 2.42. The number of fused-ring (bicyclic) bond motifs is 4. The summed E-state index contributed by atoms with van der Waals surface area (Å²) in [7, 11) is 1.76. The number of hydrogen-bond donors (Lipinski definition) is 2. The molecule has 0 atom stereocenters. The van der Waals surface area contributed by atoms with Crippen molar-refractivity contribution in [3.63, 3.8) is 0 Å². The predicted molar refractivity (Wildman–Crippen MR) is 187 cm³/mol. The number of nitrogens with zero attached hydrogens (tertiary/aromatic N) is 4. The van der Waals surface area contributed by atoms with E-state index >= 15 is 0 Å². The van der Waals surface area contributed by atoms with Crippen LogP contribution in [0.25, 0.3) is 27.7 Å². The quantitative estimate of drug-likeness (QED) is 0.115. The smallest absolute Gasteiger partial charge is 0.381 e. The number of halogens is 3. The van der Waals surface area contributed by atoms with Crippen molar-refractivity contribution in [3.05, 3.63) is 113 Å². The molecular formula is C39H37F3N6O2. The zero-order valence-corrected chi connectivity index (χ0v) is 27.7. The van der Waals surface area contributed by atoms with E-state index in [1.807, 2.05) is 16.7 Å². The van der Waals surface area contributed by atoms with E-state index in [2.05, 4.69) is 28.3 Å². The minimum Gasteiger partial charge on any atom is -0.381 e. The molecule has 0 radical (unpaired) electrons. The van der Waals surface area contributed by atoms with Crippen molar-refractivity contribution in [1.82, 2.24) is 19.3 Å². The van der Waals surface area contributed by atoms with Gasteiger partial charge in [-0.1, -0.05) is 18.7 Å². The fourth-order valence-corrected chi connectivity index (χ4v) is 7.25. The average Bonchev–Trinajstić information content (AvgIpc) is 3.84. The number of carbonyl (C=O) groups excluding carboxylic acids is 1. The van der Waals surface area contributed by atoms with Gasteiger partial charge in [-0.2, -0.15) is 18.4 Å². The lowest BCUT2D eigenvalue weighted by molar-refractivity contribution is -0.137. The number of methoxy groups -OCH3 is 1. The molecule has 2 aromatic carbocycles. The number of pyridine rings is 1. The highest BCUT2D eigenvalue weighted by molar-refractivity contribution is 6.09. The van der Waals surface area contributed by atoms with Crippen molar-refractivity contribution in [2.75, 3.05) is 19.0 Å². The van der Waals surface area contributed by atoms with E-state index < -0.39 is 11.7 Å². The molecule has 3 aromatic heterocycles. The fourth-order valence-electron chi connectivity index (χ4n) is 7.25. The van der Waals surface area contributed by atoms with Gasteiger partial charge in [-0.25, -0.2) is 4.98 Å². The Morgan fingerprint density at radius 1 is 1.10 bits per heavy atom. The zero-order valence-electron chi connectivity index (χ0n) is 27.7. The van der Waals surface area contributed by atoms with E-state index in [4.69, 9.17) is 4.74 Å². The molecule has 7 rings (SSSR count). The summed E-state index contributed by atoms with van der Waals surface area (Å²) >= 11 is 0. The molecule has 11 heteroatoms. The summed E-state index contributed by atoms with van der Waals surface area (Å²) in [6, 6.07) is 16.6. The second-order valence-electron chi connectivity index (χ2n) is 12.9. The molecule has 0 unspecified atom stereocenters. The Bertz CT molecular complexity index is 2180. The van der Waals surface area contributed by atoms with Crippen LogP contribution in [0.5, 0.6) is 0 Å². The first-order chi connectivity index (χ1) is 24.1. The van der Waals surface area contributed by atoms with Crippen LogP contribution >= 0.6 is 0 Å². The van der Waals surface area contributed by atoms with Gasteiger partial charge in [0.25, 0.3) is 0 Å². The van der Waals surface area contributed by atoms with Crippen LogP contribution in [-0.4, -0.2) is 45.5 Å². The van der Waals surface area contributed by atoms with Crippen LogP contribution < -0.4 is 10.6 Å². The van der Waals surface area contributed by atoms with E-state index in [-0.39, 0.29) is 28.2 Å². The predicted octanol–water partition coefficient (Wildman–Crippen LogP) is 8.05. The van der Waals surface area contributed by atoms with Crippen molar-refractivity contribution in [2.45, 2.75) is 63.4 Å². The molecule has 50 heavy (non-hydrogen) atoms. The molecule has 0 bridgehead atoms. The molecule has 8 nitrogen and oxygen atoms in total. The number of benzene rings is 2. The molecule has 1 saturated carbocycles. The van der Waals surface area contributed by atoms with Crippen LogP contribution in [0.3, 0.4) is 0 Å². The Labute approximate surface area is 287 Å². The normalized spacial score (nSPS) is 17.7. The molecule has 2 aliphatic rings. The summed E-state index contributed by atoms with van der Waals surface area (Å²) in [5.41, 5.74) is 2.93. The van der Waals surface area contributed by atoms with Gasteiger partial charge >= 0.3 is 6.18 Å². The summed E-state index contributed by atoms with van der Waals surface area (Å²) in [4.78, 5) is 18.4. The number of ether oxygens (including phenoxy) is 1. The maximum absolute atomic E-state index is 14.5. The maximum atomic E-state index is 14.5. The molecule has 1 fully saturated rings. The van der Waals surface area contributed by atoms with Gasteiger partial charge < -0.3 is 24.3 Å². The molecule has 1 aliphatic carbocycles. The molecule has 4 heterocycles. The van der Waals surface area contributed by atoms with Gasteiger partial charge in [-0.05, 0) is 92.3 Å². The lowest BCUT2D eigenvalue weighted by Crippen LogP contribution is -2.35.